The molecule has 0 radical (unpaired) electrons. The van der Waals surface area contributed by atoms with Gasteiger partial charge in [0.2, 0.25) is 6.10 Å². The molecular weight excluding hydrogens is 272 g/mol. The molecule has 0 fully saturated rings. The van der Waals surface area contributed by atoms with Crippen LogP contribution in [-0.2, 0) is 27.3 Å². The standard InChI is InChI=1S/C15H18N2O4/c1-3-9-6-5-7-10(4-2)13(9)16-14(18)12-8-11(15(19)20)17-21-12/h5-7,12H,3-4,8H2,1-2H3,(H,16,18)(H,19,20). The molecule has 6 heteroatoms. The summed E-state index contributed by atoms with van der Waals surface area (Å²) in [5.74, 6) is -1.53. The number of hydrogen-bond donors (Lipinski definition) is 2. The molecule has 1 aromatic rings. The van der Waals surface area contributed by atoms with Gasteiger partial charge in [-0.3, -0.25) is 4.79 Å². The van der Waals surface area contributed by atoms with Crippen LogP contribution < -0.4 is 5.32 Å². The fourth-order valence-electron chi connectivity index (χ4n) is 2.25. The molecule has 0 saturated carbocycles. The summed E-state index contributed by atoms with van der Waals surface area (Å²) in [6.45, 7) is 4.03. The number of carboxylic acids is 1. The van der Waals surface area contributed by atoms with Gasteiger partial charge in [0.1, 0.15) is 0 Å². The van der Waals surface area contributed by atoms with Gasteiger partial charge in [-0.25, -0.2) is 4.79 Å². The Kier molecular flexibility index (Phi) is 4.57. The summed E-state index contributed by atoms with van der Waals surface area (Å²) in [4.78, 5) is 27.9. The number of carboxylic acid groups (broad SMARTS) is 1. The molecule has 0 aromatic heterocycles. The van der Waals surface area contributed by atoms with E-state index in [0.717, 1.165) is 29.7 Å². The van der Waals surface area contributed by atoms with E-state index in [1.165, 1.54) is 0 Å². The molecule has 0 saturated heterocycles. The molecule has 0 bridgehead atoms. The van der Waals surface area contributed by atoms with Crippen LogP contribution in [0.2, 0.25) is 0 Å². The predicted molar refractivity (Wildman–Crippen MR) is 78.4 cm³/mol. The molecule has 0 spiro atoms. The van der Waals surface area contributed by atoms with Crippen LogP contribution in [-0.4, -0.2) is 28.8 Å². The van der Waals surface area contributed by atoms with E-state index >= 15 is 0 Å². The second kappa shape index (κ2) is 6.39. The first-order chi connectivity index (χ1) is 10.1. The van der Waals surface area contributed by atoms with Crippen LogP contribution in [0.15, 0.2) is 23.4 Å². The number of aliphatic carboxylic acids is 1. The van der Waals surface area contributed by atoms with Crippen LogP contribution in [0.3, 0.4) is 0 Å². The Morgan fingerprint density at radius 3 is 2.43 bits per heavy atom. The third-order valence-corrected chi connectivity index (χ3v) is 3.46. The van der Waals surface area contributed by atoms with E-state index in [-0.39, 0.29) is 18.0 Å². The molecule has 21 heavy (non-hydrogen) atoms. The zero-order chi connectivity index (χ0) is 15.4. The summed E-state index contributed by atoms with van der Waals surface area (Å²) in [7, 11) is 0. The van der Waals surface area contributed by atoms with Crippen LogP contribution in [0.4, 0.5) is 5.69 Å². The maximum absolute atomic E-state index is 12.2. The Labute approximate surface area is 122 Å². The van der Waals surface area contributed by atoms with Crippen molar-refractivity contribution in [3.63, 3.8) is 0 Å². The third-order valence-electron chi connectivity index (χ3n) is 3.46. The molecule has 6 nitrogen and oxygen atoms in total. The first kappa shape index (κ1) is 15.0. The van der Waals surface area contributed by atoms with Gasteiger partial charge in [0.25, 0.3) is 5.91 Å². The Morgan fingerprint density at radius 2 is 1.95 bits per heavy atom. The van der Waals surface area contributed by atoms with Crippen molar-refractivity contribution in [3.8, 4) is 0 Å². The first-order valence-electron chi connectivity index (χ1n) is 6.94. The van der Waals surface area contributed by atoms with Crippen LogP contribution in [0.25, 0.3) is 0 Å². The molecule has 2 rings (SSSR count). The Hall–Kier alpha value is -2.37. The third kappa shape index (κ3) is 3.21. The molecular formula is C15H18N2O4. The van der Waals surface area contributed by atoms with E-state index in [1.54, 1.807) is 0 Å². The predicted octanol–water partition coefficient (Wildman–Crippen LogP) is 1.98. The zero-order valence-corrected chi connectivity index (χ0v) is 12.0. The number of anilines is 1. The smallest absolute Gasteiger partial charge is 0.353 e. The number of oxime groups is 1. The van der Waals surface area contributed by atoms with Crippen molar-refractivity contribution >= 4 is 23.3 Å². The molecule has 1 atom stereocenters. The Balaban J connectivity index is 2.12. The summed E-state index contributed by atoms with van der Waals surface area (Å²) in [5.41, 5.74) is 2.75. The number of para-hydroxylation sites is 1. The van der Waals surface area contributed by atoms with E-state index in [1.807, 2.05) is 32.0 Å². The highest BCUT2D eigenvalue weighted by Crippen LogP contribution is 2.24. The average molecular weight is 290 g/mol. The number of hydrogen-bond acceptors (Lipinski definition) is 4. The summed E-state index contributed by atoms with van der Waals surface area (Å²) >= 11 is 0. The molecule has 1 amide bonds. The number of rotatable bonds is 5. The van der Waals surface area contributed by atoms with Crippen molar-refractivity contribution < 1.29 is 19.5 Å². The van der Waals surface area contributed by atoms with Crippen LogP contribution >= 0.6 is 0 Å². The minimum Gasteiger partial charge on any atom is -0.477 e. The molecule has 112 valence electrons. The normalized spacial score (nSPS) is 17.0. The second-order valence-electron chi connectivity index (χ2n) is 4.79. The van der Waals surface area contributed by atoms with Crippen LogP contribution in [0.1, 0.15) is 31.4 Å². The topological polar surface area (TPSA) is 88.0 Å². The molecule has 2 N–H and O–H groups in total. The number of nitrogens with one attached hydrogen (secondary N) is 1. The molecule has 1 unspecified atom stereocenters. The highest BCUT2D eigenvalue weighted by molar-refractivity contribution is 6.36. The van der Waals surface area contributed by atoms with Gasteiger partial charge in [0, 0.05) is 12.1 Å². The van der Waals surface area contributed by atoms with Crippen LogP contribution in [0, 0.1) is 0 Å². The van der Waals surface area contributed by atoms with Crippen molar-refractivity contribution in [2.45, 2.75) is 39.2 Å². The van der Waals surface area contributed by atoms with Crippen molar-refractivity contribution in [2.24, 2.45) is 5.16 Å². The van der Waals surface area contributed by atoms with Crippen molar-refractivity contribution in [1.82, 2.24) is 0 Å². The maximum Gasteiger partial charge on any atom is 0.353 e. The highest BCUT2D eigenvalue weighted by atomic mass is 16.6. The van der Waals surface area contributed by atoms with E-state index in [4.69, 9.17) is 9.94 Å². The summed E-state index contributed by atoms with van der Waals surface area (Å²) in [5, 5.41) is 15.1. The molecule has 0 aliphatic carbocycles. The van der Waals surface area contributed by atoms with Gasteiger partial charge in [0.15, 0.2) is 5.71 Å². The lowest BCUT2D eigenvalue weighted by Crippen LogP contribution is -2.29. The van der Waals surface area contributed by atoms with Crippen LogP contribution in [0.5, 0.6) is 0 Å². The SMILES string of the molecule is CCc1cccc(CC)c1NC(=O)C1CC(C(=O)O)=NO1. The van der Waals surface area contributed by atoms with Crippen molar-refractivity contribution in [2.75, 3.05) is 5.32 Å². The Morgan fingerprint density at radius 1 is 1.33 bits per heavy atom. The lowest BCUT2D eigenvalue weighted by molar-refractivity contribution is -0.129. The van der Waals surface area contributed by atoms with Gasteiger partial charge in [0.05, 0.1) is 0 Å². The fourth-order valence-corrected chi connectivity index (χ4v) is 2.25. The van der Waals surface area contributed by atoms with E-state index in [2.05, 4.69) is 10.5 Å². The van der Waals surface area contributed by atoms with Gasteiger partial charge < -0.3 is 15.3 Å². The summed E-state index contributed by atoms with van der Waals surface area (Å²) < 4.78 is 0. The van der Waals surface area contributed by atoms with Crippen molar-refractivity contribution in [3.05, 3.63) is 29.3 Å². The van der Waals surface area contributed by atoms with Crippen molar-refractivity contribution in [1.29, 1.82) is 0 Å². The summed E-state index contributed by atoms with van der Waals surface area (Å²) in [6.07, 6.45) is 0.694. The first-order valence-corrected chi connectivity index (χ1v) is 6.94. The minimum atomic E-state index is -1.16. The summed E-state index contributed by atoms with van der Waals surface area (Å²) in [6, 6.07) is 5.89. The molecule has 1 aromatic carbocycles. The Bertz CT molecular complexity index is 573. The lowest BCUT2D eigenvalue weighted by atomic mass is 10.0. The van der Waals surface area contributed by atoms with E-state index in [0.29, 0.717) is 0 Å². The quantitative estimate of drug-likeness (QED) is 0.868. The lowest BCUT2D eigenvalue weighted by Gasteiger charge is -2.16. The van der Waals surface area contributed by atoms with E-state index < -0.39 is 12.1 Å². The molecule has 1 aliphatic heterocycles. The molecule has 1 aliphatic rings. The number of nitrogens with zero attached hydrogens (tertiary/aromatic N) is 1. The van der Waals surface area contributed by atoms with Gasteiger partial charge >= 0.3 is 5.97 Å². The number of benzene rings is 1. The largest absolute Gasteiger partial charge is 0.477 e. The maximum atomic E-state index is 12.2. The highest BCUT2D eigenvalue weighted by Gasteiger charge is 2.32. The zero-order valence-electron chi connectivity index (χ0n) is 12.0. The van der Waals surface area contributed by atoms with Gasteiger partial charge in [-0.15, -0.1) is 0 Å². The minimum absolute atomic E-state index is 0.0169. The van der Waals surface area contributed by atoms with Gasteiger partial charge in [-0.05, 0) is 24.0 Å². The average Bonchev–Trinajstić information content (AvgIpc) is 2.97. The second-order valence-corrected chi connectivity index (χ2v) is 4.79. The number of carbonyl (C=O) groups is 2. The molecule has 1 heterocycles. The fraction of sp³-hybridized carbons (Fsp3) is 0.400. The van der Waals surface area contributed by atoms with E-state index in [9.17, 15) is 9.59 Å². The monoisotopic (exact) mass is 290 g/mol. The van der Waals surface area contributed by atoms with Gasteiger partial charge in [-0.2, -0.15) is 0 Å². The number of aryl methyl sites for hydroxylation is 2. The van der Waals surface area contributed by atoms with Gasteiger partial charge in [-0.1, -0.05) is 37.2 Å². The number of amides is 1. The number of carbonyl (C=O) groups excluding carboxylic acids is 1.